The first-order valence-corrected chi connectivity index (χ1v) is 9.22. The van der Waals surface area contributed by atoms with Crippen molar-refractivity contribution in [2.75, 3.05) is 14.2 Å². The van der Waals surface area contributed by atoms with Gasteiger partial charge in [-0.25, -0.2) is 0 Å². The number of rotatable bonds is 7. The Balaban J connectivity index is 1.80. The number of amides is 2. The molecule has 0 atom stereocenters. The minimum atomic E-state index is -0.751. The Morgan fingerprint density at radius 2 is 1.47 bits per heavy atom. The molecule has 0 saturated heterocycles. The zero-order valence-electron chi connectivity index (χ0n) is 16.7. The van der Waals surface area contributed by atoms with Crippen molar-refractivity contribution >= 4 is 17.9 Å². The van der Waals surface area contributed by atoms with Crippen LogP contribution in [0.25, 0.3) is 17.2 Å². The Bertz CT molecular complexity index is 1070. The molecule has 3 aromatic rings. The second-order valence-corrected chi connectivity index (χ2v) is 6.43. The summed E-state index contributed by atoms with van der Waals surface area (Å²) in [7, 11) is 3.05. The van der Waals surface area contributed by atoms with Gasteiger partial charge in [0, 0.05) is 5.56 Å². The van der Waals surface area contributed by atoms with Gasteiger partial charge in [-0.2, -0.15) is 0 Å². The van der Waals surface area contributed by atoms with Crippen molar-refractivity contribution in [3.05, 3.63) is 89.6 Å². The molecule has 0 aromatic heterocycles. The molecule has 0 heterocycles. The summed E-state index contributed by atoms with van der Waals surface area (Å²) < 4.78 is 10.5. The van der Waals surface area contributed by atoms with E-state index in [2.05, 4.69) is 5.32 Å². The molecule has 3 aromatic carbocycles. The largest absolute Gasteiger partial charge is 0.493 e. The molecule has 0 radical (unpaired) electrons. The van der Waals surface area contributed by atoms with Gasteiger partial charge in [0.2, 0.25) is 0 Å². The standard InChI is InChI=1S/C24H22N2O4/c1-29-21-13-8-16(15-22(21)30-2)14-20(23(25)27)26-24(28)19-11-9-18(10-12-19)17-6-4-3-5-7-17/h3-15H,1-2H3,(H2,25,27)(H,26,28)/b20-14+. The second kappa shape index (κ2) is 9.43. The molecule has 0 aliphatic heterocycles. The van der Waals surface area contributed by atoms with Gasteiger partial charge >= 0.3 is 0 Å². The minimum Gasteiger partial charge on any atom is -0.493 e. The highest BCUT2D eigenvalue weighted by atomic mass is 16.5. The van der Waals surface area contributed by atoms with Gasteiger partial charge in [0.15, 0.2) is 11.5 Å². The lowest BCUT2D eigenvalue weighted by Gasteiger charge is -2.10. The average molecular weight is 402 g/mol. The molecule has 0 aliphatic rings. The van der Waals surface area contributed by atoms with E-state index in [1.807, 2.05) is 42.5 Å². The molecule has 0 fully saturated rings. The van der Waals surface area contributed by atoms with Crippen LogP contribution in [-0.4, -0.2) is 26.0 Å². The first-order chi connectivity index (χ1) is 14.5. The van der Waals surface area contributed by atoms with Gasteiger partial charge in [-0.1, -0.05) is 48.5 Å². The van der Waals surface area contributed by atoms with Gasteiger partial charge in [0.25, 0.3) is 11.8 Å². The zero-order chi connectivity index (χ0) is 21.5. The fourth-order valence-electron chi connectivity index (χ4n) is 2.92. The molecule has 0 aliphatic carbocycles. The number of nitrogens with one attached hydrogen (secondary N) is 1. The summed E-state index contributed by atoms with van der Waals surface area (Å²) in [5.41, 5.74) is 8.51. The molecule has 152 valence electrons. The monoisotopic (exact) mass is 402 g/mol. The van der Waals surface area contributed by atoms with E-state index in [-0.39, 0.29) is 5.70 Å². The van der Waals surface area contributed by atoms with Crippen LogP contribution < -0.4 is 20.5 Å². The molecule has 0 unspecified atom stereocenters. The van der Waals surface area contributed by atoms with Crippen molar-refractivity contribution in [3.8, 4) is 22.6 Å². The van der Waals surface area contributed by atoms with Gasteiger partial charge in [-0.15, -0.1) is 0 Å². The first-order valence-electron chi connectivity index (χ1n) is 9.22. The molecule has 0 spiro atoms. The van der Waals surface area contributed by atoms with Crippen LogP contribution >= 0.6 is 0 Å². The molecule has 2 amide bonds. The SMILES string of the molecule is COc1ccc(/C=C(/NC(=O)c2ccc(-c3ccccc3)cc2)C(N)=O)cc1OC. The molecule has 0 saturated carbocycles. The fourth-order valence-corrected chi connectivity index (χ4v) is 2.92. The maximum Gasteiger partial charge on any atom is 0.265 e. The van der Waals surface area contributed by atoms with E-state index in [1.165, 1.54) is 20.3 Å². The average Bonchev–Trinajstić information content (AvgIpc) is 2.79. The summed E-state index contributed by atoms with van der Waals surface area (Å²) in [5.74, 6) is -0.130. The Morgan fingerprint density at radius 1 is 0.833 bits per heavy atom. The summed E-state index contributed by atoms with van der Waals surface area (Å²) in [4.78, 5) is 24.5. The molecule has 3 N–H and O–H groups in total. The number of ether oxygens (including phenoxy) is 2. The number of benzene rings is 3. The number of methoxy groups -OCH3 is 2. The van der Waals surface area contributed by atoms with Crippen LogP contribution in [0.4, 0.5) is 0 Å². The summed E-state index contributed by atoms with van der Waals surface area (Å²) in [6, 6.07) is 22.1. The number of hydrogen-bond acceptors (Lipinski definition) is 4. The first kappa shape index (κ1) is 20.7. The summed E-state index contributed by atoms with van der Waals surface area (Å²) in [6.45, 7) is 0. The topological polar surface area (TPSA) is 90.6 Å². The van der Waals surface area contributed by atoms with Crippen LogP contribution in [0.15, 0.2) is 78.5 Å². The smallest absolute Gasteiger partial charge is 0.265 e. The summed E-state index contributed by atoms with van der Waals surface area (Å²) in [5, 5.41) is 2.58. The number of hydrogen-bond donors (Lipinski definition) is 2. The molecular formula is C24H22N2O4. The predicted octanol–water partition coefficient (Wildman–Crippen LogP) is 3.63. The Kier molecular flexibility index (Phi) is 6.49. The van der Waals surface area contributed by atoms with Crippen molar-refractivity contribution in [1.29, 1.82) is 0 Å². The number of carbonyl (C=O) groups is 2. The third-order valence-electron chi connectivity index (χ3n) is 4.49. The van der Waals surface area contributed by atoms with E-state index in [9.17, 15) is 9.59 Å². The maximum absolute atomic E-state index is 12.6. The number of primary amides is 1. The molecule has 6 heteroatoms. The molecule has 30 heavy (non-hydrogen) atoms. The fraction of sp³-hybridized carbons (Fsp3) is 0.0833. The van der Waals surface area contributed by atoms with Gasteiger partial charge < -0.3 is 20.5 Å². The highest BCUT2D eigenvalue weighted by Crippen LogP contribution is 2.28. The highest BCUT2D eigenvalue weighted by molar-refractivity contribution is 6.04. The van der Waals surface area contributed by atoms with Crippen LogP contribution in [0, 0.1) is 0 Å². The van der Waals surface area contributed by atoms with Crippen LogP contribution in [0.3, 0.4) is 0 Å². The Labute approximate surface area is 174 Å². The van der Waals surface area contributed by atoms with E-state index >= 15 is 0 Å². The van der Waals surface area contributed by atoms with Crippen molar-refractivity contribution in [2.24, 2.45) is 5.73 Å². The van der Waals surface area contributed by atoms with Crippen molar-refractivity contribution in [3.63, 3.8) is 0 Å². The lowest BCUT2D eigenvalue weighted by Crippen LogP contribution is -2.31. The lowest BCUT2D eigenvalue weighted by molar-refractivity contribution is -0.114. The van der Waals surface area contributed by atoms with Crippen LogP contribution in [0.5, 0.6) is 11.5 Å². The molecule has 6 nitrogen and oxygen atoms in total. The van der Waals surface area contributed by atoms with Crippen LogP contribution in [0.2, 0.25) is 0 Å². The zero-order valence-corrected chi connectivity index (χ0v) is 16.7. The minimum absolute atomic E-state index is 0.0284. The van der Waals surface area contributed by atoms with Crippen molar-refractivity contribution in [2.45, 2.75) is 0 Å². The van der Waals surface area contributed by atoms with E-state index in [1.54, 1.807) is 30.3 Å². The lowest BCUT2D eigenvalue weighted by atomic mass is 10.0. The Morgan fingerprint density at radius 3 is 2.07 bits per heavy atom. The quantitative estimate of drug-likeness (QED) is 0.591. The highest BCUT2D eigenvalue weighted by Gasteiger charge is 2.13. The molecule has 0 bridgehead atoms. The van der Waals surface area contributed by atoms with Gasteiger partial charge in [-0.05, 0) is 47.0 Å². The van der Waals surface area contributed by atoms with Crippen LogP contribution in [-0.2, 0) is 4.79 Å². The van der Waals surface area contributed by atoms with Crippen LogP contribution in [0.1, 0.15) is 15.9 Å². The van der Waals surface area contributed by atoms with E-state index < -0.39 is 11.8 Å². The Hall–Kier alpha value is -4.06. The number of nitrogens with two attached hydrogens (primary N) is 1. The van der Waals surface area contributed by atoms with Gasteiger partial charge in [0.05, 0.1) is 14.2 Å². The van der Waals surface area contributed by atoms with Crippen molar-refractivity contribution in [1.82, 2.24) is 5.32 Å². The molecule has 3 rings (SSSR count). The van der Waals surface area contributed by atoms with E-state index in [4.69, 9.17) is 15.2 Å². The van der Waals surface area contributed by atoms with E-state index in [0.29, 0.717) is 22.6 Å². The summed E-state index contributed by atoms with van der Waals surface area (Å²) >= 11 is 0. The third kappa shape index (κ3) is 4.86. The second-order valence-electron chi connectivity index (χ2n) is 6.43. The third-order valence-corrected chi connectivity index (χ3v) is 4.49. The van der Waals surface area contributed by atoms with Gasteiger partial charge in [-0.3, -0.25) is 9.59 Å². The van der Waals surface area contributed by atoms with Gasteiger partial charge in [0.1, 0.15) is 5.70 Å². The summed E-state index contributed by atoms with van der Waals surface area (Å²) in [6.07, 6.45) is 1.49. The van der Waals surface area contributed by atoms with Crippen molar-refractivity contribution < 1.29 is 19.1 Å². The molecular weight excluding hydrogens is 380 g/mol. The number of carbonyl (C=O) groups excluding carboxylic acids is 2. The predicted molar refractivity (Wildman–Crippen MR) is 116 cm³/mol. The maximum atomic E-state index is 12.6. The normalized spacial score (nSPS) is 10.9. The van der Waals surface area contributed by atoms with E-state index in [0.717, 1.165) is 11.1 Å².